The summed E-state index contributed by atoms with van der Waals surface area (Å²) in [5.74, 6) is -2.29. The molecule has 4 nitrogen and oxygen atoms in total. The number of rotatable bonds is 5. The number of carbonyl (C=O) groups is 1. The molecule has 8 heteroatoms. The second-order valence-corrected chi connectivity index (χ2v) is 3.83. The Morgan fingerprint density at radius 2 is 2.22 bits per heavy atom. The van der Waals surface area contributed by atoms with Gasteiger partial charge in [0.05, 0.1) is 17.8 Å². The normalized spacial score (nSPS) is 12.1. The van der Waals surface area contributed by atoms with Crippen molar-refractivity contribution in [2.24, 2.45) is 0 Å². The number of esters is 1. The van der Waals surface area contributed by atoms with Crippen molar-refractivity contribution < 1.29 is 22.7 Å². The molecule has 1 aromatic heterocycles. The number of hydrogen-bond donors (Lipinski definition) is 0. The van der Waals surface area contributed by atoms with Crippen LogP contribution >= 0.6 is 11.6 Å². The van der Waals surface area contributed by atoms with Crippen LogP contribution in [-0.2, 0) is 9.53 Å². The smallest absolute Gasteiger partial charge is 0.330 e. The lowest BCUT2D eigenvalue weighted by Gasteiger charge is -2.11. The molecular formula is C10H10ClF3N2O2. The molecule has 18 heavy (non-hydrogen) atoms. The molecule has 1 atom stereocenters. The van der Waals surface area contributed by atoms with E-state index in [2.05, 4.69) is 9.84 Å². The molecule has 100 valence electrons. The first-order valence-corrected chi connectivity index (χ1v) is 5.35. The van der Waals surface area contributed by atoms with Crippen LogP contribution < -0.4 is 0 Å². The second kappa shape index (κ2) is 6.44. The monoisotopic (exact) mass is 282 g/mol. The van der Waals surface area contributed by atoms with Gasteiger partial charge in [-0.15, -0.1) is 0 Å². The minimum Gasteiger partial charge on any atom is -0.464 e. The van der Waals surface area contributed by atoms with Crippen molar-refractivity contribution in [2.75, 3.05) is 6.61 Å². The molecule has 0 saturated heterocycles. The van der Waals surface area contributed by atoms with Gasteiger partial charge in [0.1, 0.15) is 6.04 Å². The van der Waals surface area contributed by atoms with Gasteiger partial charge in [-0.1, -0.05) is 11.6 Å². The fourth-order valence-corrected chi connectivity index (χ4v) is 1.23. The first kappa shape index (κ1) is 14.6. The molecule has 1 unspecified atom stereocenters. The summed E-state index contributed by atoms with van der Waals surface area (Å²) in [5, 5.41) is 4.14. The fourth-order valence-electron chi connectivity index (χ4n) is 1.09. The SMILES string of the molecule is CC(C(=O)OCCC(F)=C(F)F)n1cc(Cl)cn1. The Balaban J connectivity index is 2.44. The van der Waals surface area contributed by atoms with E-state index >= 15 is 0 Å². The number of nitrogens with zero attached hydrogens (tertiary/aromatic N) is 2. The minimum absolute atomic E-state index is 0.350. The Morgan fingerprint density at radius 1 is 1.56 bits per heavy atom. The van der Waals surface area contributed by atoms with Gasteiger partial charge in [0.25, 0.3) is 0 Å². The van der Waals surface area contributed by atoms with Crippen molar-refractivity contribution in [3.05, 3.63) is 29.3 Å². The molecule has 0 fully saturated rings. The summed E-state index contributed by atoms with van der Waals surface area (Å²) >= 11 is 5.62. The van der Waals surface area contributed by atoms with Crippen LogP contribution in [0.5, 0.6) is 0 Å². The third kappa shape index (κ3) is 4.06. The van der Waals surface area contributed by atoms with Gasteiger partial charge < -0.3 is 4.74 Å². The van der Waals surface area contributed by atoms with E-state index in [1.54, 1.807) is 0 Å². The predicted octanol–water partition coefficient (Wildman–Crippen LogP) is 3.11. The summed E-state index contributed by atoms with van der Waals surface area (Å²) in [6.07, 6.45) is -0.305. The highest BCUT2D eigenvalue weighted by Gasteiger charge is 2.17. The zero-order chi connectivity index (χ0) is 13.7. The van der Waals surface area contributed by atoms with Gasteiger partial charge in [0, 0.05) is 12.6 Å². The summed E-state index contributed by atoms with van der Waals surface area (Å²) in [6, 6.07) is -0.764. The molecule has 0 aromatic carbocycles. The highest BCUT2D eigenvalue weighted by molar-refractivity contribution is 6.30. The summed E-state index contributed by atoms with van der Waals surface area (Å²) in [4.78, 5) is 11.5. The predicted molar refractivity (Wildman–Crippen MR) is 57.9 cm³/mol. The molecule has 0 N–H and O–H groups in total. The Hall–Kier alpha value is -1.50. The molecule has 0 spiro atoms. The zero-order valence-corrected chi connectivity index (χ0v) is 10.1. The number of hydrogen-bond acceptors (Lipinski definition) is 3. The van der Waals surface area contributed by atoms with Crippen molar-refractivity contribution in [2.45, 2.75) is 19.4 Å². The minimum atomic E-state index is -2.40. The Morgan fingerprint density at radius 3 is 2.72 bits per heavy atom. The summed E-state index contributed by atoms with van der Waals surface area (Å²) in [5.41, 5.74) is 0. The molecule has 1 heterocycles. The highest BCUT2D eigenvalue weighted by Crippen LogP contribution is 2.15. The van der Waals surface area contributed by atoms with E-state index in [0.29, 0.717) is 5.02 Å². The van der Waals surface area contributed by atoms with Crippen molar-refractivity contribution in [1.82, 2.24) is 9.78 Å². The Kier molecular flexibility index (Phi) is 5.21. The third-order valence-corrected chi connectivity index (χ3v) is 2.27. The Labute approximate surface area is 106 Å². The lowest BCUT2D eigenvalue weighted by Crippen LogP contribution is -2.20. The molecule has 0 radical (unpaired) electrons. The van der Waals surface area contributed by atoms with Gasteiger partial charge in [-0.05, 0) is 6.92 Å². The molecule has 1 rings (SSSR count). The quantitative estimate of drug-likeness (QED) is 0.780. The second-order valence-electron chi connectivity index (χ2n) is 3.40. The van der Waals surface area contributed by atoms with Gasteiger partial charge in [0.15, 0.2) is 5.83 Å². The van der Waals surface area contributed by atoms with Crippen molar-refractivity contribution >= 4 is 17.6 Å². The topological polar surface area (TPSA) is 44.1 Å². The van der Waals surface area contributed by atoms with Crippen LogP contribution in [0.25, 0.3) is 0 Å². The van der Waals surface area contributed by atoms with Crippen LogP contribution in [0.15, 0.2) is 24.3 Å². The highest BCUT2D eigenvalue weighted by atomic mass is 35.5. The molecule has 0 aliphatic heterocycles. The summed E-state index contributed by atoms with van der Waals surface area (Å²) in [6.45, 7) is 1.04. The number of aromatic nitrogens is 2. The van der Waals surface area contributed by atoms with E-state index in [0.717, 1.165) is 0 Å². The molecule has 1 aromatic rings. The van der Waals surface area contributed by atoms with Crippen LogP contribution in [0.1, 0.15) is 19.4 Å². The largest absolute Gasteiger partial charge is 0.464 e. The lowest BCUT2D eigenvalue weighted by atomic mass is 10.3. The molecule has 0 amide bonds. The number of halogens is 4. The van der Waals surface area contributed by atoms with Gasteiger partial charge in [-0.25, -0.2) is 9.18 Å². The van der Waals surface area contributed by atoms with Crippen LogP contribution in [0.4, 0.5) is 13.2 Å². The first-order valence-electron chi connectivity index (χ1n) is 4.97. The number of carbonyl (C=O) groups excluding carboxylic acids is 1. The van der Waals surface area contributed by atoms with Crippen LogP contribution in [-0.4, -0.2) is 22.4 Å². The van der Waals surface area contributed by atoms with E-state index in [1.165, 1.54) is 24.0 Å². The van der Waals surface area contributed by atoms with E-state index in [1.807, 2.05) is 0 Å². The van der Waals surface area contributed by atoms with Crippen LogP contribution in [0.2, 0.25) is 5.02 Å². The van der Waals surface area contributed by atoms with Crippen LogP contribution in [0, 0.1) is 0 Å². The molecular weight excluding hydrogens is 273 g/mol. The average Bonchev–Trinajstić information content (AvgIpc) is 2.74. The molecule has 0 saturated carbocycles. The van der Waals surface area contributed by atoms with Crippen molar-refractivity contribution in [1.29, 1.82) is 0 Å². The summed E-state index contributed by atoms with van der Waals surface area (Å²) in [7, 11) is 0. The Bertz CT molecular complexity index is 458. The standard InChI is InChI=1S/C10H10ClF3N2O2/c1-6(16-5-7(11)4-15-16)10(17)18-3-2-8(12)9(13)14/h4-6H,2-3H2,1H3. The molecule has 0 aliphatic carbocycles. The maximum Gasteiger partial charge on any atom is 0.330 e. The molecule has 0 bridgehead atoms. The van der Waals surface area contributed by atoms with E-state index in [-0.39, 0.29) is 0 Å². The van der Waals surface area contributed by atoms with E-state index in [9.17, 15) is 18.0 Å². The maximum absolute atomic E-state index is 12.4. The summed E-state index contributed by atoms with van der Waals surface area (Å²) < 4.78 is 41.7. The average molecular weight is 283 g/mol. The van der Waals surface area contributed by atoms with Gasteiger partial charge in [0.2, 0.25) is 0 Å². The maximum atomic E-state index is 12.4. The van der Waals surface area contributed by atoms with Crippen LogP contribution in [0.3, 0.4) is 0 Å². The van der Waals surface area contributed by atoms with Gasteiger partial charge >= 0.3 is 12.0 Å². The van der Waals surface area contributed by atoms with Crippen molar-refractivity contribution in [3.8, 4) is 0 Å². The van der Waals surface area contributed by atoms with E-state index in [4.69, 9.17) is 11.6 Å². The number of ether oxygens (including phenoxy) is 1. The third-order valence-electron chi connectivity index (χ3n) is 2.08. The van der Waals surface area contributed by atoms with E-state index < -0.39 is 36.9 Å². The fraction of sp³-hybridized carbons (Fsp3) is 0.400. The molecule has 0 aliphatic rings. The van der Waals surface area contributed by atoms with Crippen molar-refractivity contribution in [3.63, 3.8) is 0 Å². The van der Waals surface area contributed by atoms with Gasteiger partial charge in [-0.3, -0.25) is 4.68 Å². The lowest BCUT2D eigenvalue weighted by molar-refractivity contribution is -0.147. The zero-order valence-electron chi connectivity index (χ0n) is 9.37. The first-order chi connectivity index (χ1) is 8.41. The van der Waals surface area contributed by atoms with Gasteiger partial charge in [-0.2, -0.15) is 13.9 Å².